The number of carbonyl (C=O) groups excluding carboxylic acids is 1. The van der Waals surface area contributed by atoms with Crippen molar-refractivity contribution in [3.05, 3.63) is 0 Å². The summed E-state index contributed by atoms with van der Waals surface area (Å²) in [5, 5.41) is 8.99. The van der Waals surface area contributed by atoms with Crippen molar-refractivity contribution in [2.75, 3.05) is 0 Å². The van der Waals surface area contributed by atoms with E-state index < -0.39 is 6.09 Å². The molecular weight excluding hydrogens is 113 g/mol. The number of nitrogens with zero attached hydrogens (tertiary/aromatic N) is 1. The Balaban J connectivity index is 0. The summed E-state index contributed by atoms with van der Waals surface area (Å²) in [5.74, 6) is 0. The van der Waals surface area contributed by atoms with Gasteiger partial charge in [0.05, 0.1) is 0 Å². The first kappa shape index (κ1) is 9.70. The van der Waals surface area contributed by atoms with Gasteiger partial charge < -0.3 is 9.90 Å². The Hall–Kier alpha value is 0.490. The summed E-state index contributed by atoms with van der Waals surface area (Å²) in [6.07, 6.45) is -1.56. The summed E-state index contributed by atoms with van der Waals surface area (Å²) in [6, 6.07) is 0. The number of carboxylic acid groups (broad SMARTS) is 1. The van der Waals surface area contributed by atoms with Crippen molar-refractivity contribution in [2.24, 2.45) is 4.36 Å². The smallest absolute Gasteiger partial charge is 0.528 e. The summed E-state index contributed by atoms with van der Waals surface area (Å²) < 4.78 is 2.28. The fourth-order valence-electron chi connectivity index (χ4n) is 0. The van der Waals surface area contributed by atoms with Gasteiger partial charge in [-0.3, -0.25) is 0 Å². The number of carbonyl (C=O) groups is 1. The van der Waals surface area contributed by atoms with Gasteiger partial charge in [0.15, 0.2) is 6.09 Å². The molecule has 0 aromatic carbocycles. The van der Waals surface area contributed by atoms with Gasteiger partial charge in [-0.05, 0) is 0 Å². The Morgan fingerprint density at radius 3 is 2.00 bits per heavy atom. The zero-order chi connectivity index (χ0) is 4.28. The fourth-order valence-corrected chi connectivity index (χ4v) is 0. The molecule has 0 saturated heterocycles. The summed E-state index contributed by atoms with van der Waals surface area (Å²) in [6.45, 7) is 0. The second-order valence-corrected chi connectivity index (χ2v) is 0.540. The zero-order valence-corrected chi connectivity index (χ0v) is 5.99. The largest absolute Gasteiger partial charge is 1.00 e. The van der Waals surface area contributed by atoms with Crippen molar-refractivity contribution in [3.8, 4) is 0 Å². The molecule has 0 unspecified atom stereocenters. The Kier molecular flexibility index (Phi) is 8.88. The Labute approximate surface area is 62.2 Å². The van der Waals surface area contributed by atoms with Gasteiger partial charge >= 0.3 is 29.6 Å². The average molecular weight is 113 g/mol. The Morgan fingerprint density at radius 2 is 2.00 bits per heavy atom. The molecule has 0 saturated carbocycles. The third kappa shape index (κ3) is 8.82. The maximum atomic E-state index is 8.99. The number of hydrogen-bond acceptors (Lipinski definition) is 3. The van der Waals surface area contributed by atoms with E-state index in [1.165, 1.54) is 0 Å². The van der Waals surface area contributed by atoms with Crippen molar-refractivity contribution in [2.45, 2.75) is 0 Å². The van der Waals surface area contributed by atoms with Crippen molar-refractivity contribution in [3.63, 3.8) is 0 Å². The Morgan fingerprint density at radius 1 is 1.83 bits per heavy atom. The second-order valence-electron chi connectivity index (χ2n) is 0.357. The van der Waals surface area contributed by atoms with Crippen LogP contribution in [0.1, 0.15) is 0 Å². The quantitative estimate of drug-likeness (QED) is 0.301. The predicted octanol–water partition coefficient (Wildman–Crippen LogP) is -3.94. The molecule has 0 N–H and O–H groups in total. The van der Waals surface area contributed by atoms with Crippen molar-refractivity contribution in [1.29, 1.82) is 0 Å². The van der Waals surface area contributed by atoms with E-state index in [1.54, 1.807) is 0 Å². The molecule has 0 aliphatic heterocycles. The van der Waals surface area contributed by atoms with Gasteiger partial charge in [-0.2, -0.15) is 4.36 Å². The molecule has 0 aromatic rings. The fraction of sp³-hybridized carbons (Fsp3) is 0. The summed E-state index contributed by atoms with van der Waals surface area (Å²) in [7, 11) is 0. The van der Waals surface area contributed by atoms with Gasteiger partial charge in [-0.1, -0.05) is 0 Å². The summed E-state index contributed by atoms with van der Waals surface area (Å²) >= 11 is 3.64. The van der Waals surface area contributed by atoms with E-state index in [0.717, 1.165) is 0 Å². The molecule has 1 amide bonds. The molecule has 0 bridgehead atoms. The molecule has 0 heterocycles. The normalized spacial score (nSPS) is 5.33. The van der Waals surface area contributed by atoms with Gasteiger partial charge in [0, 0.05) is 12.4 Å². The molecule has 5 heteroatoms. The van der Waals surface area contributed by atoms with Crippen LogP contribution in [0.4, 0.5) is 4.79 Å². The monoisotopic (exact) mass is 113 g/mol. The molecule has 0 spiro atoms. The van der Waals surface area contributed by atoms with Crippen LogP contribution in [0.5, 0.6) is 0 Å². The zero-order valence-electron chi connectivity index (χ0n) is 3.17. The second kappa shape index (κ2) is 5.49. The topological polar surface area (TPSA) is 52.5 Å². The van der Waals surface area contributed by atoms with E-state index in [-0.39, 0.29) is 29.6 Å². The molecule has 3 nitrogen and oxygen atoms in total. The van der Waals surface area contributed by atoms with E-state index in [4.69, 9.17) is 9.90 Å². The van der Waals surface area contributed by atoms with Gasteiger partial charge in [0.25, 0.3) is 0 Å². The first-order chi connectivity index (χ1) is 2.27. The van der Waals surface area contributed by atoms with Crippen LogP contribution in [0.3, 0.4) is 0 Å². The minimum Gasteiger partial charge on any atom is -0.528 e. The third-order valence-electron chi connectivity index (χ3n) is 0.0745. The molecule has 0 fully saturated rings. The first-order valence-corrected chi connectivity index (χ1v) is 1.18. The first-order valence-electron chi connectivity index (χ1n) is 0.814. The van der Waals surface area contributed by atoms with Gasteiger partial charge in [-0.15, -0.1) is 0 Å². The molecule has 6 heavy (non-hydrogen) atoms. The van der Waals surface area contributed by atoms with Crippen LogP contribution in [0.25, 0.3) is 0 Å². The standard InChI is InChI=1S/CHNO2S.Na/c3-1(4)2-5;/h(H,3,4);/q;+1/p-1. The third-order valence-corrected chi connectivity index (χ3v) is 0.224. The van der Waals surface area contributed by atoms with Crippen molar-refractivity contribution < 1.29 is 39.5 Å². The van der Waals surface area contributed by atoms with Gasteiger partial charge in [0.1, 0.15) is 0 Å². The van der Waals surface area contributed by atoms with Crippen molar-refractivity contribution >= 4 is 18.5 Å². The van der Waals surface area contributed by atoms with E-state index in [2.05, 4.69) is 16.8 Å². The molecular formula is CNNaO2S. The average Bonchev–Trinajstić information content (AvgIpc) is 1.38. The minimum absolute atomic E-state index is 0. The molecule has 0 rings (SSSR count). The van der Waals surface area contributed by atoms with E-state index in [1.807, 2.05) is 0 Å². The van der Waals surface area contributed by atoms with E-state index in [9.17, 15) is 0 Å². The van der Waals surface area contributed by atoms with Crippen LogP contribution in [-0.4, -0.2) is 6.09 Å². The molecule has 0 aliphatic carbocycles. The maximum absolute atomic E-state index is 8.99. The SMILES string of the molecule is O=C([O-])N=S.[Na+]. The number of amides is 1. The van der Waals surface area contributed by atoms with Crippen LogP contribution in [0, 0.1) is 0 Å². The minimum atomic E-state index is -1.56. The van der Waals surface area contributed by atoms with Crippen LogP contribution in [0.2, 0.25) is 0 Å². The van der Waals surface area contributed by atoms with E-state index >= 15 is 0 Å². The summed E-state index contributed by atoms with van der Waals surface area (Å²) in [4.78, 5) is 8.99. The van der Waals surface area contributed by atoms with E-state index in [0.29, 0.717) is 0 Å². The van der Waals surface area contributed by atoms with Crippen LogP contribution >= 0.6 is 0 Å². The van der Waals surface area contributed by atoms with Crippen molar-refractivity contribution in [1.82, 2.24) is 0 Å². The maximum Gasteiger partial charge on any atom is 1.00 e. The number of rotatable bonds is 0. The van der Waals surface area contributed by atoms with Crippen LogP contribution in [0.15, 0.2) is 4.36 Å². The number of hydrogen-bond donors (Lipinski definition) is 0. The van der Waals surface area contributed by atoms with Gasteiger partial charge in [0.2, 0.25) is 0 Å². The molecule has 0 aliphatic rings. The summed E-state index contributed by atoms with van der Waals surface area (Å²) in [5.41, 5.74) is 0. The predicted molar refractivity (Wildman–Crippen MR) is 15.2 cm³/mol. The van der Waals surface area contributed by atoms with Gasteiger partial charge in [-0.25, -0.2) is 0 Å². The van der Waals surface area contributed by atoms with Crippen LogP contribution < -0.4 is 34.7 Å². The Bertz CT molecular complexity index is 64.6. The molecule has 0 aromatic heterocycles. The molecule has 0 radical (unpaired) electrons. The molecule has 28 valence electrons. The van der Waals surface area contributed by atoms with Crippen LogP contribution in [-0.2, 0) is 12.4 Å². The molecule has 0 atom stereocenters.